The summed E-state index contributed by atoms with van der Waals surface area (Å²) in [6.45, 7) is 5.82. The SMILES string of the molecule is COC(=O)c1c(NC(=O)OC(C)(C)C)oc2cc(C3=COCC3)cnc12. The Kier molecular flexibility index (Phi) is 4.58. The van der Waals surface area contributed by atoms with Gasteiger partial charge in [-0.05, 0) is 32.4 Å². The first kappa shape index (κ1) is 17.8. The molecule has 1 amide bonds. The molecule has 0 spiro atoms. The average Bonchev–Trinajstić information content (AvgIpc) is 3.18. The highest BCUT2D eigenvalue weighted by molar-refractivity contribution is 6.08. The zero-order valence-corrected chi connectivity index (χ0v) is 15.0. The Labute approximate surface area is 150 Å². The van der Waals surface area contributed by atoms with Crippen LogP contribution >= 0.6 is 0 Å². The third-order valence-corrected chi connectivity index (χ3v) is 3.62. The van der Waals surface area contributed by atoms with Crippen molar-refractivity contribution in [3.05, 3.63) is 29.7 Å². The van der Waals surface area contributed by atoms with E-state index in [0.717, 1.165) is 17.6 Å². The molecule has 0 saturated carbocycles. The number of pyridine rings is 1. The fraction of sp³-hybridized carbons (Fsp3) is 0.389. The first-order valence-corrected chi connectivity index (χ1v) is 8.10. The van der Waals surface area contributed by atoms with E-state index >= 15 is 0 Å². The number of nitrogens with one attached hydrogen (secondary N) is 1. The predicted octanol–water partition coefficient (Wildman–Crippen LogP) is 3.72. The van der Waals surface area contributed by atoms with Crippen molar-refractivity contribution in [3.63, 3.8) is 0 Å². The highest BCUT2D eigenvalue weighted by Gasteiger charge is 2.27. The highest BCUT2D eigenvalue weighted by Crippen LogP contribution is 2.32. The van der Waals surface area contributed by atoms with E-state index in [0.29, 0.717) is 17.7 Å². The molecular formula is C18H20N2O6. The van der Waals surface area contributed by atoms with E-state index in [9.17, 15) is 9.59 Å². The van der Waals surface area contributed by atoms with Crippen LogP contribution in [0.25, 0.3) is 16.7 Å². The monoisotopic (exact) mass is 360 g/mol. The second-order valence-corrected chi connectivity index (χ2v) is 6.76. The number of nitrogens with zero attached hydrogens (tertiary/aromatic N) is 1. The molecule has 1 aliphatic heterocycles. The van der Waals surface area contributed by atoms with Crippen LogP contribution in [0.1, 0.15) is 43.1 Å². The normalized spacial score (nSPS) is 13.9. The van der Waals surface area contributed by atoms with E-state index in [2.05, 4.69) is 10.3 Å². The summed E-state index contributed by atoms with van der Waals surface area (Å²) in [6, 6.07) is 1.75. The van der Waals surface area contributed by atoms with Crippen molar-refractivity contribution < 1.29 is 28.2 Å². The molecule has 2 aromatic heterocycles. The molecule has 3 heterocycles. The molecule has 8 heteroatoms. The first-order chi connectivity index (χ1) is 12.3. The summed E-state index contributed by atoms with van der Waals surface area (Å²) in [4.78, 5) is 28.5. The number of anilines is 1. The topological polar surface area (TPSA) is 99.9 Å². The Hall–Kier alpha value is -3.03. The van der Waals surface area contributed by atoms with E-state index in [1.807, 2.05) is 0 Å². The van der Waals surface area contributed by atoms with Gasteiger partial charge in [-0.25, -0.2) is 9.59 Å². The summed E-state index contributed by atoms with van der Waals surface area (Å²) in [5, 5.41) is 2.45. The summed E-state index contributed by atoms with van der Waals surface area (Å²) in [7, 11) is 1.24. The number of carbonyl (C=O) groups is 2. The van der Waals surface area contributed by atoms with Gasteiger partial charge < -0.3 is 18.6 Å². The van der Waals surface area contributed by atoms with Gasteiger partial charge in [0.05, 0.1) is 20.0 Å². The zero-order chi connectivity index (χ0) is 18.9. The molecule has 0 aromatic carbocycles. The molecular weight excluding hydrogens is 340 g/mol. The number of esters is 1. The lowest BCUT2D eigenvalue weighted by Gasteiger charge is -2.19. The van der Waals surface area contributed by atoms with Crippen molar-refractivity contribution in [2.75, 3.05) is 19.0 Å². The number of rotatable bonds is 3. The smallest absolute Gasteiger partial charge is 0.414 e. The Morgan fingerprint density at radius 2 is 2.08 bits per heavy atom. The van der Waals surface area contributed by atoms with Crippen molar-refractivity contribution in [2.24, 2.45) is 0 Å². The van der Waals surface area contributed by atoms with E-state index in [4.69, 9.17) is 18.6 Å². The number of hydrogen-bond donors (Lipinski definition) is 1. The number of fused-ring (bicyclic) bond motifs is 1. The molecule has 3 rings (SSSR count). The van der Waals surface area contributed by atoms with E-state index in [-0.39, 0.29) is 11.4 Å². The van der Waals surface area contributed by atoms with Crippen molar-refractivity contribution in [1.82, 2.24) is 4.98 Å². The molecule has 26 heavy (non-hydrogen) atoms. The van der Waals surface area contributed by atoms with Crippen molar-refractivity contribution >= 4 is 34.6 Å². The summed E-state index contributed by atoms with van der Waals surface area (Å²) < 4.78 is 20.9. The van der Waals surface area contributed by atoms with E-state index in [1.54, 1.807) is 39.3 Å². The van der Waals surface area contributed by atoms with Gasteiger partial charge in [-0.2, -0.15) is 0 Å². The quantitative estimate of drug-likeness (QED) is 0.833. The third-order valence-electron chi connectivity index (χ3n) is 3.62. The zero-order valence-electron chi connectivity index (χ0n) is 15.0. The number of aromatic nitrogens is 1. The Bertz CT molecular complexity index is 891. The predicted molar refractivity (Wildman–Crippen MR) is 93.8 cm³/mol. The first-order valence-electron chi connectivity index (χ1n) is 8.10. The molecule has 1 N–H and O–H groups in total. The van der Waals surface area contributed by atoms with Crippen LogP contribution in [-0.4, -0.2) is 36.4 Å². The van der Waals surface area contributed by atoms with Crippen molar-refractivity contribution in [1.29, 1.82) is 0 Å². The minimum absolute atomic E-state index is 0.0385. The van der Waals surface area contributed by atoms with Gasteiger partial charge in [-0.15, -0.1) is 0 Å². The number of methoxy groups -OCH3 is 1. The minimum Gasteiger partial charge on any atom is -0.501 e. The lowest BCUT2D eigenvalue weighted by atomic mass is 10.1. The molecule has 0 unspecified atom stereocenters. The molecule has 2 aromatic rings. The van der Waals surface area contributed by atoms with Gasteiger partial charge in [0, 0.05) is 18.2 Å². The number of furan rings is 1. The van der Waals surface area contributed by atoms with Gasteiger partial charge in [0.15, 0.2) is 5.58 Å². The molecule has 0 bridgehead atoms. The Morgan fingerprint density at radius 1 is 1.31 bits per heavy atom. The summed E-state index contributed by atoms with van der Waals surface area (Å²) in [5.41, 5.74) is 1.80. The second-order valence-electron chi connectivity index (χ2n) is 6.76. The average molecular weight is 360 g/mol. The van der Waals surface area contributed by atoms with Crippen molar-refractivity contribution in [3.8, 4) is 0 Å². The van der Waals surface area contributed by atoms with Gasteiger partial charge in [0.1, 0.15) is 16.7 Å². The van der Waals surface area contributed by atoms with Crippen LogP contribution in [0.3, 0.4) is 0 Å². The Balaban J connectivity index is 2.00. The molecule has 0 atom stereocenters. The highest BCUT2D eigenvalue weighted by atomic mass is 16.6. The lowest BCUT2D eigenvalue weighted by Crippen LogP contribution is -2.27. The van der Waals surface area contributed by atoms with E-state index < -0.39 is 17.7 Å². The second kappa shape index (κ2) is 6.70. The van der Waals surface area contributed by atoms with Crippen molar-refractivity contribution in [2.45, 2.75) is 32.8 Å². The standard InChI is InChI=1S/C18H20N2O6/c1-18(2,3)26-17(22)20-15-13(16(21)23-4)14-12(25-15)7-11(8-19-14)10-5-6-24-9-10/h7-9H,5-6H2,1-4H3,(H,20,22). The molecule has 0 radical (unpaired) electrons. The maximum Gasteiger partial charge on any atom is 0.414 e. The maximum atomic E-state index is 12.2. The molecule has 0 fully saturated rings. The summed E-state index contributed by atoms with van der Waals surface area (Å²) >= 11 is 0. The van der Waals surface area contributed by atoms with Gasteiger partial charge in [-0.3, -0.25) is 10.3 Å². The van der Waals surface area contributed by atoms with Gasteiger partial charge in [0.2, 0.25) is 5.88 Å². The number of amides is 1. The molecule has 1 aliphatic rings. The Morgan fingerprint density at radius 3 is 2.69 bits per heavy atom. The number of hydrogen-bond acceptors (Lipinski definition) is 7. The lowest BCUT2D eigenvalue weighted by molar-refractivity contribution is 0.0603. The summed E-state index contributed by atoms with van der Waals surface area (Å²) in [6.07, 6.45) is 3.32. The minimum atomic E-state index is -0.742. The molecule has 0 saturated heterocycles. The van der Waals surface area contributed by atoms with E-state index in [1.165, 1.54) is 7.11 Å². The molecule has 8 nitrogen and oxygen atoms in total. The van der Waals surface area contributed by atoms with Crippen LogP contribution in [0.5, 0.6) is 0 Å². The third kappa shape index (κ3) is 3.63. The van der Waals surface area contributed by atoms with Crippen LogP contribution < -0.4 is 5.32 Å². The van der Waals surface area contributed by atoms with Crippen LogP contribution in [0, 0.1) is 0 Å². The van der Waals surface area contributed by atoms with Crippen LogP contribution in [0.15, 0.2) is 22.9 Å². The number of carbonyl (C=O) groups excluding carboxylic acids is 2. The van der Waals surface area contributed by atoms with Crippen LogP contribution in [-0.2, 0) is 14.2 Å². The largest absolute Gasteiger partial charge is 0.501 e. The number of ether oxygens (including phenoxy) is 3. The van der Waals surface area contributed by atoms with Gasteiger partial charge in [-0.1, -0.05) is 0 Å². The fourth-order valence-corrected chi connectivity index (χ4v) is 2.53. The summed E-state index contributed by atoms with van der Waals surface area (Å²) in [5.74, 6) is -0.735. The van der Waals surface area contributed by atoms with Gasteiger partial charge in [0.25, 0.3) is 0 Å². The molecule has 0 aliphatic carbocycles. The van der Waals surface area contributed by atoms with Crippen LogP contribution in [0.2, 0.25) is 0 Å². The fourth-order valence-electron chi connectivity index (χ4n) is 2.53. The van der Waals surface area contributed by atoms with Crippen LogP contribution in [0.4, 0.5) is 10.7 Å². The maximum absolute atomic E-state index is 12.2. The van der Waals surface area contributed by atoms with Gasteiger partial charge >= 0.3 is 12.1 Å². The molecule has 138 valence electrons.